The maximum atomic E-state index is 11.5. The highest BCUT2D eigenvalue weighted by atomic mass is 32.2. The summed E-state index contributed by atoms with van der Waals surface area (Å²) in [5.41, 5.74) is -1.28. The summed E-state index contributed by atoms with van der Waals surface area (Å²) in [7, 11) is -3.20. The molecule has 0 aromatic rings. The second kappa shape index (κ2) is 4.70. The van der Waals surface area contributed by atoms with E-state index in [4.69, 9.17) is 10.00 Å². The normalized spacial score (nSPS) is 32.6. The Bertz CT molecular complexity index is 384. The molecule has 6 heteroatoms. The van der Waals surface area contributed by atoms with Gasteiger partial charge in [-0.2, -0.15) is 5.26 Å². The molecule has 1 rings (SSSR count). The van der Waals surface area contributed by atoms with Crippen molar-refractivity contribution >= 4 is 9.84 Å². The lowest BCUT2D eigenvalue weighted by Crippen LogP contribution is -2.47. The summed E-state index contributed by atoms with van der Waals surface area (Å²) in [4.78, 5) is 0. The van der Waals surface area contributed by atoms with Gasteiger partial charge in [-0.25, -0.2) is 8.42 Å². The number of ether oxygens (including phenoxy) is 1. The van der Waals surface area contributed by atoms with Gasteiger partial charge in [-0.3, -0.25) is 0 Å². The molecular weight excluding hydrogens is 230 g/mol. The van der Waals surface area contributed by atoms with Gasteiger partial charge in [-0.1, -0.05) is 0 Å². The van der Waals surface area contributed by atoms with E-state index in [0.29, 0.717) is 12.8 Å². The molecule has 0 radical (unpaired) electrons. The van der Waals surface area contributed by atoms with Gasteiger partial charge in [0.25, 0.3) is 0 Å². The molecular formula is C10H17NO4S. The van der Waals surface area contributed by atoms with E-state index in [0.717, 1.165) is 0 Å². The lowest BCUT2D eigenvalue weighted by atomic mass is 10.0. The quantitative estimate of drug-likeness (QED) is 0.772. The van der Waals surface area contributed by atoms with Crippen molar-refractivity contribution in [3.05, 3.63) is 0 Å². The van der Waals surface area contributed by atoms with Gasteiger partial charge >= 0.3 is 0 Å². The molecule has 0 aromatic heterocycles. The average molecular weight is 247 g/mol. The van der Waals surface area contributed by atoms with Crippen LogP contribution in [0, 0.1) is 11.3 Å². The molecule has 3 atom stereocenters. The zero-order valence-electron chi connectivity index (χ0n) is 9.51. The van der Waals surface area contributed by atoms with Crippen LogP contribution in [0.5, 0.6) is 0 Å². The first kappa shape index (κ1) is 13.4. The van der Waals surface area contributed by atoms with Crippen LogP contribution in [-0.4, -0.2) is 42.8 Å². The SMILES string of the molecule is CC(O)C(C)OC1(C#N)CCCS(=O)(=O)C1. The van der Waals surface area contributed by atoms with Gasteiger partial charge in [-0.05, 0) is 26.7 Å². The molecule has 0 amide bonds. The zero-order valence-corrected chi connectivity index (χ0v) is 10.3. The van der Waals surface area contributed by atoms with Gasteiger partial charge in [0.15, 0.2) is 15.4 Å². The predicted molar refractivity (Wildman–Crippen MR) is 58.5 cm³/mol. The van der Waals surface area contributed by atoms with E-state index in [2.05, 4.69) is 0 Å². The topological polar surface area (TPSA) is 87.4 Å². The Balaban J connectivity index is 2.83. The molecule has 5 nitrogen and oxygen atoms in total. The monoisotopic (exact) mass is 247 g/mol. The van der Waals surface area contributed by atoms with Crippen molar-refractivity contribution in [2.45, 2.75) is 44.5 Å². The molecule has 1 aliphatic heterocycles. The highest BCUT2D eigenvalue weighted by Gasteiger charge is 2.42. The highest BCUT2D eigenvalue weighted by Crippen LogP contribution is 2.28. The first-order chi connectivity index (χ1) is 7.30. The van der Waals surface area contributed by atoms with E-state index in [-0.39, 0.29) is 11.5 Å². The third-order valence-corrected chi connectivity index (χ3v) is 4.60. The van der Waals surface area contributed by atoms with E-state index in [1.165, 1.54) is 0 Å². The second-order valence-electron chi connectivity index (χ2n) is 4.37. The van der Waals surface area contributed by atoms with Crippen LogP contribution in [0.2, 0.25) is 0 Å². The number of nitriles is 1. The minimum atomic E-state index is -3.20. The Morgan fingerprint density at radius 1 is 1.50 bits per heavy atom. The van der Waals surface area contributed by atoms with Crippen LogP contribution in [0.25, 0.3) is 0 Å². The first-order valence-corrected chi connectivity index (χ1v) is 7.10. The summed E-state index contributed by atoms with van der Waals surface area (Å²) in [6, 6.07) is 1.95. The summed E-state index contributed by atoms with van der Waals surface area (Å²) in [5, 5.41) is 18.4. The van der Waals surface area contributed by atoms with E-state index >= 15 is 0 Å². The summed E-state index contributed by atoms with van der Waals surface area (Å²) >= 11 is 0. The molecule has 0 spiro atoms. The summed E-state index contributed by atoms with van der Waals surface area (Å²) < 4.78 is 28.4. The molecule has 1 N–H and O–H groups in total. The molecule has 0 aromatic carbocycles. The minimum Gasteiger partial charge on any atom is -0.391 e. The van der Waals surface area contributed by atoms with Crippen molar-refractivity contribution in [1.29, 1.82) is 5.26 Å². The summed E-state index contributed by atoms with van der Waals surface area (Å²) in [5.74, 6) is -0.156. The second-order valence-corrected chi connectivity index (χ2v) is 6.55. The van der Waals surface area contributed by atoms with Crippen molar-refractivity contribution in [2.24, 2.45) is 0 Å². The Morgan fingerprint density at radius 2 is 2.12 bits per heavy atom. The Hall–Kier alpha value is -0.640. The van der Waals surface area contributed by atoms with Crippen LogP contribution in [0.4, 0.5) is 0 Å². The van der Waals surface area contributed by atoms with Crippen LogP contribution in [0.15, 0.2) is 0 Å². The van der Waals surface area contributed by atoms with Crippen LogP contribution >= 0.6 is 0 Å². The standard InChI is InChI=1S/C10H17NO4S/c1-8(12)9(2)15-10(6-11)4-3-5-16(13,14)7-10/h8-9,12H,3-5,7H2,1-2H3. The van der Waals surface area contributed by atoms with Gasteiger partial charge in [-0.15, -0.1) is 0 Å². The van der Waals surface area contributed by atoms with Gasteiger partial charge in [0.2, 0.25) is 0 Å². The van der Waals surface area contributed by atoms with Crippen LogP contribution in [-0.2, 0) is 14.6 Å². The number of aliphatic hydroxyl groups excluding tert-OH is 1. The molecule has 1 aliphatic rings. The fraction of sp³-hybridized carbons (Fsp3) is 0.900. The van der Waals surface area contributed by atoms with Gasteiger partial charge in [0, 0.05) is 0 Å². The van der Waals surface area contributed by atoms with Crippen molar-refractivity contribution in [3.63, 3.8) is 0 Å². The number of hydrogen-bond acceptors (Lipinski definition) is 5. The maximum Gasteiger partial charge on any atom is 0.168 e. The number of nitrogens with zero attached hydrogens (tertiary/aromatic N) is 1. The lowest BCUT2D eigenvalue weighted by molar-refractivity contribution is -0.0901. The molecule has 3 unspecified atom stereocenters. The molecule has 1 saturated heterocycles. The maximum absolute atomic E-state index is 11.5. The number of rotatable bonds is 3. The molecule has 1 fully saturated rings. The predicted octanol–water partition coefficient (Wildman–Crippen LogP) is 0.243. The van der Waals surface area contributed by atoms with E-state index in [1.54, 1.807) is 13.8 Å². The summed E-state index contributed by atoms with van der Waals surface area (Å²) in [6.45, 7) is 3.18. The van der Waals surface area contributed by atoms with Gasteiger partial charge in [0.05, 0.1) is 29.8 Å². The Kier molecular flexibility index (Phi) is 3.94. The van der Waals surface area contributed by atoms with Gasteiger partial charge in [0.1, 0.15) is 0 Å². The third kappa shape index (κ3) is 3.17. The van der Waals surface area contributed by atoms with Crippen molar-refractivity contribution < 1.29 is 18.3 Å². The first-order valence-electron chi connectivity index (χ1n) is 5.28. The van der Waals surface area contributed by atoms with E-state index in [1.807, 2.05) is 6.07 Å². The molecule has 16 heavy (non-hydrogen) atoms. The Labute approximate surface area is 95.9 Å². The van der Waals surface area contributed by atoms with Crippen molar-refractivity contribution in [3.8, 4) is 6.07 Å². The van der Waals surface area contributed by atoms with Crippen LogP contribution in [0.3, 0.4) is 0 Å². The van der Waals surface area contributed by atoms with E-state index < -0.39 is 27.6 Å². The largest absolute Gasteiger partial charge is 0.391 e. The molecule has 0 aliphatic carbocycles. The van der Waals surface area contributed by atoms with E-state index in [9.17, 15) is 13.5 Å². The molecule has 92 valence electrons. The van der Waals surface area contributed by atoms with Crippen molar-refractivity contribution in [1.82, 2.24) is 0 Å². The van der Waals surface area contributed by atoms with Gasteiger partial charge < -0.3 is 9.84 Å². The molecule has 1 heterocycles. The number of aliphatic hydroxyl groups is 1. The summed E-state index contributed by atoms with van der Waals surface area (Å²) in [6.07, 6.45) is -0.440. The van der Waals surface area contributed by atoms with Crippen molar-refractivity contribution in [2.75, 3.05) is 11.5 Å². The fourth-order valence-electron chi connectivity index (χ4n) is 1.74. The average Bonchev–Trinajstić information content (AvgIpc) is 2.16. The van der Waals surface area contributed by atoms with Crippen LogP contribution < -0.4 is 0 Å². The fourth-order valence-corrected chi connectivity index (χ4v) is 3.45. The number of hydrogen-bond donors (Lipinski definition) is 1. The zero-order chi connectivity index (χ0) is 12.4. The molecule has 0 saturated carbocycles. The third-order valence-electron chi connectivity index (χ3n) is 2.78. The minimum absolute atomic E-state index is 0.114. The molecule has 0 bridgehead atoms. The smallest absolute Gasteiger partial charge is 0.168 e. The lowest BCUT2D eigenvalue weighted by Gasteiger charge is -2.33. The number of sulfone groups is 1. The van der Waals surface area contributed by atoms with Crippen LogP contribution in [0.1, 0.15) is 26.7 Å². The highest BCUT2D eigenvalue weighted by molar-refractivity contribution is 7.91. The Morgan fingerprint density at radius 3 is 2.56 bits per heavy atom.